The van der Waals surface area contributed by atoms with Crippen LogP contribution in [-0.4, -0.2) is 12.0 Å². The molecule has 0 radical (unpaired) electrons. The van der Waals surface area contributed by atoms with Gasteiger partial charge in [0.15, 0.2) is 6.29 Å². The number of aldehydes is 1. The van der Waals surface area contributed by atoms with Crippen LogP contribution in [-0.2, 0) is 0 Å². The average Bonchev–Trinajstić information content (AvgIpc) is 2.47. The number of halogens is 1. The summed E-state index contributed by atoms with van der Waals surface area (Å²) in [7, 11) is 0. The second-order valence-corrected chi connectivity index (χ2v) is 4.23. The van der Waals surface area contributed by atoms with Gasteiger partial charge in [0.2, 0.25) is 0 Å². The third-order valence-electron chi connectivity index (χ3n) is 2.85. The Morgan fingerprint density at radius 2 is 1.75 bits per heavy atom. The van der Waals surface area contributed by atoms with Crippen molar-refractivity contribution in [3.8, 4) is 0 Å². The third-order valence-corrected chi connectivity index (χ3v) is 2.85. The van der Waals surface area contributed by atoms with Gasteiger partial charge in [-0.15, -0.1) is 0 Å². The molecule has 0 aromatic heterocycles. The lowest BCUT2D eigenvalue weighted by Gasteiger charge is -2.06. The van der Waals surface area contributed by atoms with E-state index < -0.39 is 0 Å². The average molecular weight is 268 g/mol. The van der Waals surface area contributed by atoms with E-state index in [0.29, 0.717) is 22.4 Å². The molecule has 2 rings (SSSR count). The SMILES string of the molecule is N=C(C=C(N)c1ccccc1C=O)c1ccc(F)cc1. The highest BCUT2D eigenvalue weighted by Crippen LogP contribution is 2.15. The van der Waals surface area contributed by atoms with Crippen molar-refractivity contribution in [2.24, 2.45) is 5.73 Å². The minimum atomic E-state index is -0.357. The lowest BCUT2D eigenvalue weighted by atomic mass is 10.0. The van der Waals surface area contributed by atoms with Gasteiger partial charge in [-0.1, -0.05) is 24.3 Å². The lowest BCUT2D eigenvalue weighted by Crippen LogP contribution is -2.04. The Bertz CT molecular complexity index is 675. The van der Waals surface area contributed by atoms with E-state index in [2.05, 4.69) is 0 Å². The van der Waals surface area contributed by atoms with Crippen molar-refractivity contribution in [3.63, 3.8) is 0 Å². The Labute approximate surface area is 116 Å². The van der Waals surface area contributed by atoms with Gasteiger partial charge >= 0.3 is 0 Å². The second-order valence-electron chi connectivity index (χ2n) is 4.23. The largest absolute Gasteiger partial charge is 0.398 e. The summed E-state index contributed by atoms with van der Waals surface area (Å²) in [6.45, 7) is 0. The van der Waals surface area contributed by atoms with E-state index in [1.165, 1.54) is 30.3 Å². The maximum atomic E-state index is 12.8. The predicted molar refractivity (Wildman–Crippen MR) is 77.2 cm³/mol. The summed E-state index contributed by atoms with van der Waals surface area (Å²) in [5, 5.41) is 7.94. The van der Waals surface area contributed by atoms with Crippen molar-refractivity contribution < 1.29 is 9.18 Å². The van der Waals surface area contributed by atoms with Gasteiger partial charge in [-0.05, 0) is 35.9 Å². The first-order valence-corrected chi connectivity index (χ1v) is 5.98. The number of nitrogens with two attached hydrogens (primary N) is 1. The van der Waals surface area contributed by atoms with Crippen LogP contribution < -0.4 is 5.73 Å². The predicted octanol–water partition coefficient (Wildman–Crippen LogP) is 3.01. The zero-order chi connectivity index (χ0) is 14.5. The minimum absolute atomic E-state index is 0.156. The van der Waals surface area contributed by atoms with Crippen molar-refractivity contribution in [1.82, 2.24) is 0 Å². The summed E-state index contributed by atoms with van der Waals surface area (Å²) in [6.07, 6.45) is 2.17. The molecule has 0 atom stereocenters. The van der Waals surface area contributed by atoms with E-state index in [-0.39, 0.29) is 11.5 Å². The molecule has 20 heavy (non-hydrogen) atoms. The van der Waals surface area contributed by atoms with E-state index in [9.17, 15) is 9.18 Å². The summed E-state index contributed by atoms with van der Waals surface area (Å²) in [5.74, 6) is -0.357. The second kappa shape index (κ2) is 5.93. The number of nitrogens with one attached hydrogen (secondary N) is 1. The molecule has 0 fully saturated rings. The number of benzene rings is 2. The first-order valence-electron chi connectivity index (χ1n) is 5.98. The summed E-state index contributed by atoms with van der Waals surface area (Å²) >= 11 is 0. The molecule has 2 aromatic rings. The molecule has 100 valence electrons. The molecule has 0 bridgehead atoms. The molecule has 0 aliphatic heterocycles. The van der Waals surface area contributed by atoms with Crippen molar-refractivity contribution in [2.45, 2.75) is 0 Å². The molecule has 0 unspecified atom stereocenters. The number of hydrogen-bond donors (Lipinski definition) is 2. The number of allylic oxidation sites excluding steroid dienone is 1. The van der Waals surface area contributed by atoms with Crippen LogP contribution in [0, 0.1) is 11.2 Å². The zero-order valence-electron chi connectivity index (χ0n) is 10.6. The van der Waals surface area contributed by atoms with Crippen LogP contribution in [0.4, 0.5) is 4.39 Å². The monoisotopic (exact) mass is 268 g/mol. The van der Waals surface area contributed by atoms with Crippen molar-refractivity contribution in [3.05, 3.63) is 77.1 Å². The molecule has 4 heteroatoms. The summed E-state index contributed by atoms with van der Waals surface area (Å²) < 4.78 is 12.8. The molecule has 3 nitrogen and oxygen atoms in total. The molecule has 0 saturated carbocycles. The highest BCUT2D eigenvalue weighted by Gasteiger charge is 2.05. The van der Waals surface area contributed by atoms with E-state index in [1.807, 2.05) is 0 Å². The Hall–Kier alpha value is -2.75. The van der Waals surface area contributed by atoms with Crippen molar-refractivity contribution in [2.75, 3.05) is 0 Å². The van der Waals surface area contributed by atoms with E-state index in [1.54, 1.807) is 24.3 Å². The number of carbonyl (C=O) groups is 1. The van der Waals surface area contributed by atoms with Gasteiger partial charge in [-0.3, -0.25) is 4.79 Å². The van der Waals surface area contributed by atoms with Crippen molar-refractivity contribution in [1.29, 1.82) is 5.41 Å². The fourth-order valence-corrected chi connectivity index (χ4v) is 1.81. The summed E-state index contributed by atoms with van der Waals surface area (Å²) in [5.41, 5.74) is 8.00. The number of rotatable bonds is 4. The van der Waals surface area contributed by atoms with Crippen LogP contribution in [0.1, 0.15) is 21.5 Å². The highest BCUT2D eigenvalue weighted by molar-refractivity contribution is 6.10. The van der Waals surface area contributed by atoms with Crippen LogP contribution in [0.5, 0.6) is 0 Å². The van der Waals surface area contributed by atoms with E-state index >= 15 is 0 Å². The normalized spacial score (nSPS) is 11.2. The van der Waals surface area contributed by atoms with Gasteiger partial charge in [-0.25, -0.2) is 4.39 Å². The number of hydrogen-bond acceptors (Lipinski definition) is 3. The summed E-state index contributed by atoms with van der Waals surface area (Å²) in [4.78, 5) is 10.9. The zero-order valence-corrected chi connectivity index (χ0v) is 10.6. The molecule has 0 amide bonds. The Balaban J connectivity index is 2.32. The topological polar surface area (TPSA) is 66.9 Å². The standard InChI is InChI=1S/C16H13FN2O/c17-13-7-5-11(6-8-13)15(18)9-16(19)14-4-2-1-3-12(14)10-20/h1-10,18H,19H2. The fourth-order valence-electron chi connectivity index (χ4n) is 1.81. The lowest BCUT2D eigenvalue weighted by molar-refractivity contribution is 0.112. The van der Waals surface area contributed by atoms with Crippen LogP contribution in [0.15, 0.2) is 54.6 Å². The highest BCUT2D eigenvalue weighted by atomic mass is 19.1. The van der Waals surface area contributed by atoms with Gasteiger partial charge in [0.05, 0.1) is 5.71 Å². The third kappa shape index (κ3) is 2.98. The first kappa shape index (κ1) is 13.7. The Morgan fingerprint density at radius 1 is 1.10 bits per heavy atom. The van der Waals surface area contributed by atoms with E-state index in [0.717, 1.165) is 6.29 Å². The maximum Gasteiger partial charge on any atom is 0.150 e. The Morgan fingerprint density at radius 3 is 2.40 bits per heavy atom. The Kier molecular flexibility index (Phi) is 4.05. The molecule has 0 spiro atoms. The molecule has 0 aliphatic rings. The van der Waals surface area contributed by atoms with Crippen LogP contribution in [0.25, 0.3) is 5.70 Å². The van der Waals surface area contributed by atoms with Gasteiger partial charge in [0, 0.05) is 16.8 Å². The van der Waals surface area contributed by atoms with Crippen LogP contribution in [0.3, 0.4) is 0 Å². The van der Waals surface area contributed by atoms with E-state index in [4.69, 9.17) is 11.1 Å². The molecule has 2 aromatic carbocycles. The quantitative estimate of drug-likeness (QED) is 0.661. The number of carbonyl (C=O) groups excluding carboxylic acids is 1. The summed E-state index contributed by atoms with van der Waals surface area (Å²) in [6, 6.07) is 12.5. The molecule has 0 heterocycles. The molecule has 0 saturated heterocycles. The molecule has 3 N–H and O–H groups in total. The van der Waals surface area contributed by atoms with Gasteiger partial charge in [0.25, 0.3) is 0 Å². The van der Waals surface area contributed by atoms with Gasteiger partial charge < -0.3 is 11.1 Å². The molecular formula is C16H13FN2O. The molecule has 0 aliphatic carbocycles. The molecular weight excluding hydrogens is 255 g/mol. The van der Waals surface area contributed by atoms with Crippen molar-refractivity contribution >= 4 is 17.7 Å². The maximum absolute atomic E-state index is 12.8. The smallest absolute Gasteiger partial charge is 0.150 e. The fraction of sp³-hybridized carbons (Fsp3) is 0. The van der Waals surface area contributed by atoms with Crippen LogP contribution >= 0.6 is 0 Å². The van der Waals surface area contributed by atoms with Gasteiger partial charge in [0.1, 0.15) is 5.82 Å². The first-order chi connectivity index (χ1) is 9.61. The minimum Gasteiger partial charge on any atom is -0.398 e. The van der Waals surface area contributed by atoms with Gasteiger partial charge in [-0.2, -0.15) is 0 Å². The van der Waals surface area contributed by atoms with Crippen LogP contribution in [0.2, 0.25) is 0 Å².